The average molecular weight is 275 g/mol. The number of aliphatic hydroxyl groups is 1. The molecule has 0 radical (unpaired) electrons. The first kappa shape index (κ1) is 15.2. The lowest BCUT2D eigenvalue weighted by Gasteiger charge is -2.33. The minimum Gasteiger partial charge on any atom is -0.395 e. The maximum absolute atomic E-state index is 12.6. The number of carbonyl (C=O) groups is 1. The zero-order chi connectivity index (χ0) is 14.5. The molecule has 1 saturated carbocycles. The van der Waals surface area contributed by atoms with Gasteiger partial charge in [0.05, 0.1) is 12.6 Å². The maximum Gasteiger partial charge on any atom is 0.179 e. The molecule has 1 atom stereocenters. The van der Waals surface area contributed by atoms with Crippen LogP contribution in [0.15, 0.2) is 24.3 Å². The summed E-state index contributed by atoms with van der Waals surface area (Å²) in [6.45, 7) is 4.69. The van der Waals surface area contributed by atoms with E-state index in [1.165, 1.54) is 12.8 Å². The van der Waals surface area contributed by atoms with Gasteiger partial charge in [0.15, 0.2) is 5.78 Å². The zero-order valence-corrected chi connectivity index (χ0v) is 12.5. The van der Waals surface area contributed by atoms with Crippen LogP contribution in [0.1, 0.15) is 48.5 Å². The zero-order valence-electron chi connectivity index (χ0n) is 12.5. The number of aliphatic hydroxyl groups excluding tert-OH is 1. The van der Waals surface area contributed by atoms with E-state index in [0.717, 1.165) is 24.0 Å². The maximum atomic E-state index is 12.6. The molecular formula is C17H25NO2. The van der Waals surface area contributed by atoms with Crippen LogP contribution in [0.25, 0.3) is 0 Å². The normalized spacial score (nSPS) is 17.6. The van der Waals surface area contributed by atoms with Crippen LogP contribution < -0.4 is 0 Å². The highest BCUT2D eigenvalue weighted by Gasteiger charge is 2.30. The first-order chi connectivity index (χ1) is 9.63. The molecule has 1 aliphatic carbocycles. The SMILES string of the molecule is Cc1ccc(C(=O)C(C)N(CCO)C2CCCC2)cc1. The molecule has 0 aliphatic heterocycles. The minimum atomic E-state index is -0.159. The van der Waals surface area contributed by atoms with E-state index in [0.29, 0.717) is 12.6 Å². The van der Waals surface area contributed by atoms with Crippen LogP contribution in [-0.2, 0) is 0 Å². The molecule has 1 fully saturated rings. The van der Waals surface area contributed by atoms with Gasteiger partial charge in [-0.15, -0.1) is 0 Å². The summed E-state index contributed by atoms with van der Waals surface area (Å²) in [5.74, 6) is 0.158. The van der Waals surface area contributed by atoms with Gasteiger partial charge in [-0.2, -0.15) is 0 Å². The molecule has 110 valence electrons. The second-order valence-electron chi connectivity index (χ2n) is 5.81. The summed E-state index contributed by atoms with van der Waals surface area (Å²) < 4.78 is 0. The fraction of sp³-hybridized carbons (Fsp3) is 0.588. The van der Waals surface area contributed by atoms with Gasteiger partial charge in [0.25, 0.3) is 0 Å². The van der Waals surface area contributed by atoms with Gasteiger partial charge >= 0.3 is 0 Å². The van der Waals surface area contributed by atoms with E-state index in [2.05, 4.69) is 4.90 Å². The van der Waals surface area contributed by atoms with Crippen LogP contribution in [0.5, 0.6) is 0 Å². The Labute approximate surface area is 121 Å². The summed E-state index contributed by atoms with van der Waals surface area (Å²) in [5.41, 5.74) is 1.93. The minimum absolute atomic E-state index is 0.113. The van der Waals surface area contributed by atoms with Gasteiger partial charge in [0, 0.05) is 18.2 Å². The Balaban J connectivity index is 2.11. The molecule has 2 rings (SSSR count). The standard InChI is InChI=1S/C17H25NO2/c1-13-7-9-15(10-8-13)17(20)14(2)18(11-12-19)16-5-3-4-6-16/h7-10,14,16,19H,3-6,11-12H2,1-2H3. The smallest absolute Gasteiger partial charge is 0.179 e. The predicted molar refractivity (Wildman–Crippen MR) is 81.0 cm³/mol. The fourth-order valence-electron chi connectivity index (χ4n) is 3.15. The van der Waals surface area contributed by atoms with E-state index < -0.39 is 0 Å². The lowest BCUT2D eigenvalue weighted by atomic mass is 10.0. The van der Waals surface area contributed by atoms with E-state index in [9.17, 15) is 9.90 Å². The van der Waals surface area contributed by atoms with Crippen LogP contribution in [0.4, 0.5) is 0 Å². The molecule has 3 heteroatoms. The largest absolute Gasteiger partial charge is 0.395 e. The van der Waals surface area contributed by atoms with E-state index in [1.54, 1.807) is 0 Å². The van der Waals surface area contributed by atoms with Crippen LogP contribution in [0.2, 0.25) is 0 Å². The van der Waals surface area contributed by atoms with Gasteiger partial charge in [0.1, 0.15) is 0 Å². The van der Waals surface area contributed by atoms with E-state index in [1.807, 2.05) is 38.1 Å². The van der Waals surface area contributed by atoms with Gasteiger partial charge in [0.2, 0.25) is 0 Å². The van der Waals surface area contributed by atoms with Crippen molar-refractivity contribution in [2.45, 2.75) is 51.6 Å². The molecule has 0 amide bonds. The molecule has 0 aromatic heterocycles. The van der Waals surface area contributed by atoms with Crippen LogP contribution in [0, 0.1) is 6.92 Å². The quantitative estimate of drug-likeness (QED) is 0.812. The second-order valence-corrected chi connectivity index (χ2v) is 5.81. The molecule has 20 heavy (non-hydrogen) atoms. The van der Waals surface area contributed by atoms with Crippen molar-refractivity contribution in [1.29, 1.82) is 0 Å². The Hall–Kier alpha value is -1.19. The van der Waals surface area contributed by atoms with Gasteiger partial charge in [-0.25, -0.2) is 0 Å². The number of Topliss-reactive ketones (excluding diaryl/α,β-unsaturated/α-hetero) is 1. The van der Waals surface area contributed by atoms with E-state index in [4.69, 9.17) is 0 Å². The highest BCUT2D eigenvalue weighted by atomic mass is 16.3. The first-order valence-corrected chi connectivity index (χ1v) is 7.61. The van der Waals surface area contributed by atoms with Crippen molar-refractivity contribution in [3.8, 4) is 0 Å². The molecule has 1 aromatic rings. The number of rotatable bonds is 6. The number of nitrogens with zero attached hydrogens (tertiary/aromatic N) is 1. The third kappa shape index (κ3) is 3.47. The third-order valence-corrected chi connectivity index (χ3v) is 4.36. The summed E-state index contributed by atoms with van der Waals surface area (Å²) in [6, 6.07) is 8.05. The van der Waals surface area contributed by atoms with Crippen LogP contribution in [0.3, 0.4) is 0 Å². The first-order valence-electron chi connectivity index (χ1n) is 7.61. The Morgan fingerprint density at radius 3 is 2.45 bits per heavy atom. The summed E-state index contributed by atoms with van der Waals surface area (Å²) in [6.07, 6.45) is 4.76. The lowest BCUT2D eigenvalue weighted by Crippen LogP contribution is -2.46. The van der Waals surface area contributed by atoms with Crippen molar-refractivity contribution < 1.29 is 9.90 Å². The van der Waals surface area contributed by atoms with E-state index in [-0.39, 0.29) is 18.4 Å². The number of benzene rings is 1. The molecule has 1 aromatic carbocycles. The number of aryl methyl sites for hydroxylation is 1. The predicted octanol–water partition coefficient (Wildman–Crippen LogP) is 2.80. The summed E-state index contributed by atoms with van der Waals surface area (Å²) >= 11 is 0. The van der Waals surface area contributed by atoms with Crippen molar-refractivity contribution in [2.75, 3.05) is 13.2 Å². The molecule has 0 spiro atoms. The lowest BCUT2D eigenvalue weighted by molar-refractivity contribution is 0.0707. The number of hydrogen-bond donors (Lipinski definition) is 1. The van der Waals surface area contributed by atoms with E-state index >= 15 is 0 Å². The Bertz CT molecular complexity index is 435. The molecule has 0 heterocycles. The van der Waals surface area contributed by atoms with Crippen molar-refractivity contribution >= 4 is 5.78 Å². The fourth-order valence-corrected chi connectivity index (χ4v) is 3.15. The molecule has 1 aliphatic rings. The molecule has 0 saturated heterocycles. The van der Waals surface area contributed by atoms with Gasteiger partial charge < -0.3 is 5.11 Å². The average Bonchev–Trinajstić information content (AvgIpc) is 2.98. The number of hydrogen-bond acceptors (Lipinski definition) is 3. The summed E-state index contributed by atoms with van der Waals surface area (Å²) in [4.78, 5) is 14.8. The molecule has 3 nitrogen and oxygen atoms in total. The monoisotopic (exact) mass is 275 g/mol. The van der Waals surface area contributed by atoms with Crippen molar-refractivity contribution in [2.24, 2.45) is 0 Å². The summed E-state index contributed by atoms with van der Waals surface area (Å²) in [5, 5.41) is 9.28. The molecule has 1 N–H and O–H groups in total. The second kappa shape index (κ2) is 7.00. The Morgan fingerprint density at radius 1 is 1.30 bits per heavy atom. The van der Waals surface area contributed by atoms with Gasteiger partial charge in [-0.3, -0.25) is 9.69 Å². The highest BCUT2D eigenvalue weighted by Crippen LogP contribution is 2.26. The van der Waals surface area contributed by atoms with Gasteiger partial charge in [-0.05, 0) is 26.7 Å². The van der Waals surface area contributed by atoms with Crippen molar-refractivity contribution in [1.82, 2.24) is 4.90 Å². The number of ketones is 1. The van der Waals surface area contributed by atoms with Crippen molar-refractivity contribution in [3.63, 3.8) is 0 Å². The number of carbonyl (C=O) groups excluding carboxylic acids is 1. The summed E-state index contributed by atoms with van der Waals surface area (Å²) in [7, 11) is 0. The topological polar surface area (TPSA) is 40.5 Å². The highest BCUT2D eigenvalue weighted by molar-refractivity contribution is 5.99. The Kier molecular flexibility index (Phi) is 5.32. The molecule has 0 bridgehead atoms. The van der Waals surface area contributed by atoms with Crippen LogP contribution >= 0.6 is 0 Å². The third-order valence-electron chi connectivity index (χ3n) is 4.36. The molecule has 1 unspecified atom stereocenters. The Morgan fingerprint density at radius 2 is 1.90 bits per heavy atom. The molecular weight excluding hydrogens is 250 g/mol. The van der Waals surface area contributed by atoms with Crippen molar-refractivity contribution in [3.05, 3.63) is 35.4 Å². The van der Waals surface area contributed by atoms with Gasteiger partial charge in [-0.1, -0.05) is 42.7 Å². The van der Waals surface area contributed by atoms with Crippen LogP contribution in [-0.4, -0.2) is 41.0 Å².